The molecular weight excluding hydrogens is 280 g/mol. The fourth-order valence-electron chi connectivity index (χ4n) is 2.59. The summed E-state index contributed by atoms with van der Waals surface area (Å²) in [6.07, 6.45) is 1.88. The number of carbonyl (C=O) groups excluding carboxylic acids is 2. The Hall–Kier alpha value is -2.43. The summed E-state index contributed by atoms with van der Waals surface area (Å²) in [5.74, 6) is -0.487. The molecule has 5 nitrogen and oxygen atoms in total. The lowest BCUT2D eigenvalue weighted by molar-refractivity contribution is -0.689. The largest absolute Gasteiger partial charge is 0.465 e. The van der Waals surface area contributed by atoms with Crippen molar-refractivity contribution in [3.63, 3.8) is 0 Å². The number of hydrogen-bond donors (Lipinski definition) is 1. The second-order valence-corrected chi connectivity index (χ2v) is 5.44. The fourth-order valence-corrected chi connectivity index (χ4v) is 2.59. The predicted octanol–water partition coefficient (Wildman–Crippen LogP) is 2.21. The van der Waals surface area contributed by atoms with Gasteiger partial charge in [-0.2, -0.15) is 4.57 Å². The summed E-state index contributed by atoms with van der Waals surface area (Å²) >= 11 is 0. The highest BCUT2D eigenvalue weighted by Gasteiger charge is 2.24. The molecule has 116 valence electrons. The van der Waals surface area contributed by atoms with Gasteiger partial charge < -0.3 is 9.72 Å². The van der Waals surface area contributed by atoms with Gasteiger partial charge in [0.15, 0.2) is 11.9 Å². The predicted molar refractivity (Wildman–Crippen MR) is 82.0 cm³/mol. The monoisotopic (exact) mass is 301 g/mol. The van der Waals surface area contributed by atoms with Gasteiger partial charge in [-0.3, -0.25) is 4.79 Å². The van der Waals surface area contributed by atoms with Gasteiger partial charge in [0.25, 0.3) is 0 Å². The number of aromatic amines is 1. The third-order valence-electron chi connectivity index (χ3n) is 4.03. The van der Waals surface area contributed by atoms with Gasteiger partial charge >= 0.3 is 5.97 Å². The van der Waals surface area contributed by atoms with Crippen molar-refractivity contribution in [1.29, 1.82) is 0 Å². The summed E-state index contributed by atoms with van der Waals surface area (Å²) in [7, 11) is 1.33. The van der Waals surface area contributed by atoms with Crippen LogP contribution in [0.15, 0.2) is 18.3 Å². The topological polar surface area (TPSA) is 63.0 Å². The highest BCUT2D eigenvalue weighted by atomic mass is 16.5. The first-order chi connectivity index (χ1) is 10.4. The maximum atomic E-state index is 12.6. The van der Waals surface area contributed by atoms with Crippen LogP contribution in [0.2, 0.25) is 0 Å². The van der Waals surface area contributed by atoms with E-state index < -0.39 is 5.97 Å². The molecule has 0 bridgehead atoms. The molecule has 0 aliphatic heterocycles. The van der Waals surface area contributed by atoms with Crippen LogP contribution in [-0.4, -0.2) is 23.8 Å². The standard InChI is InChI=1S/C17H20N2O3/c1-10-7-6-8-19(13(10)4)9-14(20)16-11(2)15(12(3)18-16)17(21)22-5/h6-8H,9H2,1-5H3/p+1. The Labute approximate surface area is 129 Å². The summed E-state index contributed by atoms with van der Waals surface area (Å²) in [5, 5.41) is 0. The van der Waals surface area contributed by atoms with Crippen LogP contribution < -0.4 is 4.57 Å². The zero-order valence-corrected chi connectivity index (χ0v) is 13.6. The lowest BCUT2D eigenvalue weighted by Gasteiger charge is -2.03. The number of rotatable bonds is 4. The van der Waals surface area contributed by atoms with Gasteiger partial charge in [0.1, 0.15) is 0 Å². The molecule has 1 N–H and O–H groups in total. The van der Waals surface area contributed by atoms with E-state index in [-0.39, 0.29) is 12.3 Å². The number of carbonyl (C=O) groups is 2. The maximum absolute atomic E-state index is 12.6. The van der Waals surface area contributed by atoms with Crippen LogP contribution in [0.5, 0.6) is 0 Å². The Kier molecular flexibility index (Phi) is 4.45. The molecule has 0 saturated heterocycles. The Bertz CT molecular complexity index is 745. The Balaban J connectivity index is 2.35. The number of methoxy groups -OCH3 is 1. The van der Waals surface area contributed by atoms with E-state index in [1.165, 1.54) is 7.11 Å². The van der Waals surface area contributed by atoms with Crippen molar-refractivity contribution in [2.24, 2.45) is 0 Å². The van der Waals surface area contributed by atoms with Gasteiger partial charge in [-0.05, 0) is 32.4 Å². The number of ether oxygens (including phenoxy) is 1. The van der Waals surface area contributed by atoms with E-state index in [1.807, 2.05) is 36.7 Å². The maximum Gasteiger partial charge on any atom is 0.339 e. The Morgan fingerprint density at radius 2 is 1.91 bits per heavy atom. The van der Waals surface area contributed by atoms with Crippen molar-refractivity contribution in [3.05, 3.63) is 52.1 Å². The smallest absolute Gasteiger partial charge is 0.339 e. The van der Waals surface area contributed by atoms with Crippen molar-refractivity contribution < 1.29 is 18.9 Å². The van der Waals surface area contributed by atoms with Crippen LogP contribution in [0.1, 0.15) is 43.4 Å². The van der Waals surface area contributed by atoms with E-state index in [0.29, 0.717) is 22.5 Å². The SMILES string of the molecule is COC(=O)c1c(C)[nH]c(C(=O)C[n+]2cccc(C)c2C)c1C. The molecule has 0 aromatic carbocycles. The number of Topliss-reactive ketones (excluding diaryl/α,β-unsaturated/α-hetero) is 1. The van der Waals surface area contributed by atoms with Crippen molar-refractivity contribution in [1.82, 2.24) is 4.98 Å². The number of nitrogens with one attached hydrogen (secondary N) is 1. The van der Waals surface area contributed by atoms with Crippen LogP contribution in [-0.2, 0) is 11.3 Å². The quantitative estimate of drug-likeness (QED) is 0.535. The third kappa shape index (κ3) is 2.79. The Morgan fingerprint density at radius 3 is 2.55 bits per heavy atom. The number of pyridine rings is 1. The summed E-state index contributed by atoms with van der Waals surface area (Å²) < 4.78 is 6.68. The van der Waals surface area contributed by atoms with Crippen molar-refractivity contribution in [2.45, 2.75) is 34.2 Å². The highest BCUT2D eigenvalue weighted by Crippen LogP contribution is 2.19. The van der Waals surface area contributed by atoms with Crippen LogP contribution in [0.4, 0.5) is 0 Å². The van der Waals surface area contributed by atoms with E-state index in [1.54, 1.807) is 13.8 Å². The summed E-state index contributed by atoms with van der Waals surface area (Å²) in [6.45, 7) is 7.75. The molecular formula is C17H21N2O3+. The summed E-state index contributed by atoms with van der Waals surface area (Å²) in [4.78, 5) is 27.4. The van der Waals surface area contributed by atoms with E-state index in [2.05, 4.69) is 4.98 Å². The second-order valence-electron chi connectivity index (χ2n) is 5.44. The van der Waals surface area contributed by atoms with Crippen LogP contribution in [0.3, 0.4) is 0 Å². The van der Waals surface area contributed by atoms with Gasteiger partial charge in [-0.1, -0.05) is 0 Å². The number of aromatic nitrogens is 2. The van der Waals surface area contributed by atoms with Gasteiger partial charge in [-0.25, -0.2) is 4.79 Å². The van der Waals surface area contributed by atoms with Gasteiger partial charge in [0.05, 0.1) is 18.4 Å². The van der Waals surface area contributed by atoms with E-state index in [4.69, 9.17) is 4.74 Å². The molecule has 0 radical (unpaired) electrons. The molecule has 2 aromatic rings. The second kappa shape index (κ2) is 6.13. The van der Waals surface area contributed by atoms with Crippen LogP contribution >= 0.6 is 0 Å². The van der Waals surface area contributed by atoms with Gasteiger partial charge in [0.2, 0.25) is 12.3 Å². The molecule has 5 heteroatoms. The van der Waals surface area contributed by atoms with Crippen molar-refractivity contribution in [2.75, 3.05) is 7.11 Å². The number of H-pyrrole nitrogens is 1. The minimum Gasteiger partial charge on any atom is -0.465 e. The molecule has 0 atom stereocenters. The molecule has 2 rings (SSSR count). The molecule has 0 unspecified atom stereocenters. The number of nitrogens with zero attached hydrogens (tertiary/aromatic N) is 1. The minimum atomic E-state index is -0.426. The van der Waals surface area contributed by atoms with Crippen LogP contribution in [0.25, 0.3) is 0 Å². The van der Waals surface area contributed by atoms with Crippen molar-refractivity contribution in [3.8, 4) is 0 Å². The van der Waals surface area contributed by atoms with Gasteiger partial charge in [-0.15, -0.1) is 0 Å². The highest BCUT2D eigenvalue weighted by molar-refractivity contribution is 6.00. The molecule has 0 fully saturated rings. The lowest BCUT2D eigenvalue weighted by Crippen LogP contribution is -2.41. The molecule has 0 saturated carbocycles. The first-order valence-electron chi connectivity index (χ1n) is 7.13. The van der Waals surface area contributed by atoms with Crippen LogP contribution in [0, 0.1) is 27.7 Å². The van der Waals surface area contributed by atoms with E-state index in [9.17, 15) is 9.59 Å². The molecule has 0 aliphatic rings. The molecule has 22 heavy (non-hydrogen) atoms. The first-order valence-corrected chi connectivity index (χ1v) is 7.13. The lowest BCUT2D eigenvalue weighted by atomic mass is 10.1. The van der Waals surface area contributed by atoms with E-state index in [0.717, 1.165) is 11.3 Å². The number of hydrogen-bond acceptors (Lipinski definition) is 3. The molecule has 0 spiro atoms. The average Bonchev–Trinajstić information content (AvgIpc) is 2.78. The van der Waals surface area contributed by atoms with E-state index >= 15 is 0 Å². The minimum absolute atomic E-state index is 0.0607. The zero-order chi connectivity index (χ0) is 16.4. The van der Waals surface area contributed by atoms with Crippen molar-refractivity contribution >= 4 is 11.8 Å². The first kappa shape index (κ1) is 15.9. The normalized spacial score (nSPS) is 10.6. The number of ketones is 1. The zero-order valence-electron chi connectivity index (χ0n) is 13.6. The van der Waals surface area contributed by atoms with Gasteiger partial charge in [0, 0.05) is 24.2 Å². The molecule has 0 aliphatic carbocycles. The Morgan fingerprint density at radius 1 is 1.23 bits per heavy atom. The molecule has 2 heterocycles. The third-order valence-corrected chi connectivity index (χ3v) is 4.03. The summed E-state index contributed by atoms with van der Waals surface area (Å²) in [6, 6.07) is 3.93. The molecule has 0 amide bonds. The summed E-state index contributed by atoms with van der Waals surface area (Å²) in [5.41, 5.74) is 4.37. The fraction of sp³-hybridized carbons (Fsp3) is 0.353. The average molecular weight is 301 g/mol. The molecule has 2 aromatic heterocycles. The number of esters is 1. The number of aryl methyl sites for hydroxylation is 2.